The minimum absolute atomic E-state index is 0.00663. The van der Waals surface area contributed by atoms with Crippen molar-refractivity contribution in [3.05, 3.63) is 28.2 Å². The van der Waals surface area contributed by atoms with Crippen LogP contribution in [0, 0.1) is 5.92 Å². The highest BCUT2D eigenvalue weighted by Gasteiger charge is 2.11. The van der Waals surface area contributed by atoms with Crippen LogP contribution in [0.25, 0.3) is 0 Å². The molecule has 2 N–H and O–H groups in total. The Morgan fingerprint density at radius 1 is 1.41 bits per heavy atom. The number of Topliss-reactive ketones (excluding diaryl/α,β-unsaturated/α-hetero) is 1. The maximum Gasteiger partial charge on any atom is 0.251 e. The van der Waals surface area contributed by atoms with E-state index >= 15 is 0 Å². The summed E-state index contributed by atoms with van der Waals surface area (Å²) in [4.78, 5) is 23.0. The fraction of sp³-hybridized carbons (Fsp3) is 0.333. The summed E-state index contributed by atoms with van der Waals surface area (Å²) >= 11 is 3.12. The number of carbonyl (C=O) groups is 2. The molecule has 17 heavy (non-hydrogen) atoms. The number of amides is 1. The van der Waals surface area contributed by atoms with E-state index in [1.54, 1.807) is 26.0 Å². The molecule has 1 aromatic carbocycles. The fourth-order valence-electron chi connectivity index (χ4n) is 1.13. The molecule has 0 bridgehead atoms. The summed E-state index contributed by atoms with van der Waals surface area (Å²) in [5.74, 6) is -0.511. The third-order valence-corrected chi connectivity index (χ3v) is 2.95. The van der Waals surface area contributed by atoms with Crippen molar-refractivity contribution in [2.24, 2.45) is 5.92 Å². The molecule has 0 spiro atoms. The quantitative estimate of drug-likeness (QED) is 0.895. The van der Waals surface area contributed by atoms with Gasteiger partial charge >= 0.3 is 0 Å². The van der Waals surface area contributed by atoms with Crippen LogP contribution in [-0.2, 0) is 4.79 Å². The molecule has 0 radical (unpaired) electrons. The second-order valence-corrected chi connectivity index (χ2v) is 4.82. The molecule has 1 amide bonds. The summed E-state index contributed by atoms with van der Waals surface area (Å²) in [5.41, 5.74) is 0.322. The molecule has 0 aromatic heterocycles. The third kappa shape index (κ3) is 3.85. The van der Waals surface area contributed by atoms with Crippen molar-refractivity contribution in [1.29, 1.82) is 0 Å². The van der Waals surface area contributed by atoms with Gasteiger partial charge in [0.2, 0.25) is 0 Å². The first-order valence-corrected chi connectivity index (χ1v) is 6.00. The Morgan fingerprint density at radius 2 is 2.06 bits per heavy atom. The van der Waals surface area contributed by atoms with Crippen LogP contribution >= 0.6 is 15.9 Å². The van der Waals surface area contributed by atoms with Gasteiger partial charge < -0.3 is 10.4 Å². The molecule has 4 nitrogen and oxygen atoms in total. The average molecular weight is 300 g/mol. The molecule has 1 rings (SSSR count). The Bertz CT molecular complexity index is 443. The minimum Gasteiger partial charge on any atom is -0.507 e. The van der Waals surface area contributed by atoms with Gasteiger partial charge in [0.1, 0.15) is 5.75 Å². The molecule has 0 aliphatic carbocycles. The topological polar surface area (TPSA) is 66.4 Å². The fourth-order valence-corrected chi connectivity index (χ4v) is 1.37. The predicted molar refractivity (Wildman–Crippen MR) is 68.0 cm³/mol. The Hall–Kier alpha value is -1.36. The molecule has 0 unspecified atom stereocenters. The first-order chi connectivity index (χ1) is 7.91. The van der Waals surface area contributed by atoms with E-state index in [4.69, 9.17) is 0 Å². The first-order valence-electron chi connectivity index (χ1n) is 5.21. The molecule has 5 heteroatoms. The molecule has 0 atom stereocenters. The Kier molecular flexibility index (Phi) is 4.69. The highest BCUT2D eigenvalue weighted by Crippen LogP contribution is 2.24. The first kappa shape index (κ1) is 13.7. The lowest BCUT2D eigenvalue weighted by Crippen LogP contribution is -2.31. The van der Waals surface area contributed by atoms with Crippen LogP contribution in [0.2, 0.25) is 0 Å². The summed E-state index contributed by atoms with van der Waals surface area (Å²) in [6.45, 7) is 3.56. The summed E-state index contributed by atoms with van der Waals surface area (Å²) < 4.78 is 0.521. The van der Waals surface area contributed by atoms with Crippen molar-refractivity contribution in [2.45, 2.75) is 13.8 Å². The normalized spacial score (nSPS) is 10.4. The van der Waals surface area contributed by atoms with E-state index in [1.165, 1.54) is 6.07 Å². The Balaban J connectivity index is 2.64. The number of carbonyl (C=O) groups excluding carboxylic acids is 2. The van der Waals surface area contributed by atoms with Crippen molar-refractivity contribution in [3.63, 3.8) is 0 Å². The van der Waals surface area contributed by atoms with Crippen molar-refractivity contribution in [1.82, 2.24) is 5.32 Å². The molecule has 1 aromatic rings. The van der Waals surface area contributed by atoms with Crippen LogP contribution in [0.1, 0.15) is 24.2 Å². The number of phenolic OH excluding ortho intramolecular Hbond substituents is 1. The van der Waals surface area contributed by atoms with Gasteiger partial charge in [-0.3, -0.25) is 9.59 Å². The highest BCUT2D eigenvalue weighted by molar-refractivity contribution is 9.10. The number of hydrogen-bond donors (Lipinski definition) is 2. The average Bonchev–Trinajstić information content (AvgIpc) is 2.28. The summed E-state index contributed by atoms with van der Waals surface area (Å²) in [5, 5.41) is 11.9. The van der Waals surface area contributed by atoms with Gasteiger partial charge in [-0.15, -0.1) is 0 Å². The van der Waals surface area contributed by atoms with Gasteiger partial charge in [0.05, 0.1) is 11.0 Å². The van der Waals surface area contributed by atoms with Gasteiger partial charge in [-0.2, -0.15) is 0 Å². The molecular formula is C12H14BrNO3. The standard InChI is InChI=1S/C12H14BrNO3/c1-7(2)11(16)6-14-12(17)8-3-4-9(13)10(15)5-8/h3-5,7,15H,6H2,1-2H3,(H,14,17). The second-order valence-electron chi connectivity index (χ2n) is 3.97. The van der Waals surface area contributed by atoms with Crippen LogP contribution in [0.4, 0.5) is 0 Å². The zero-order chi connectivity index (χ0) is 13.0. The van der Waals surface area contributed by atoms with Gasteiger partial charge in [0, 0.05) is 11.5 Å². The monoisotopic (exact) mass is 299 g/mol. The number of rotatable bonds is 4. The maximum absolute atomic E-state index is 11.6. The van der Waals surface area contributed by atoms with Crippen LogP contribution in [-0.4, -0.2) is 23.3 Å². The van der Waals surface area contributed by atoms with Crippen LogP contribution < -0.4 is 5.32 Å². The smallest absolute Gasteiger partial charge is 0.251 e. The van der Waals surface area contributed by atoms with E-state index in [0.717, 1.165) is 0 Å². The summed E-state index contributed by atoms with van der Waals surface area (Å²) in [7, 11) is 0. The van der Waals surface area contributed by atoms with Gasteiger partial charge in [-0.05, 0) is 34.1 Å². The lowest BCUT2D eigenvalue weighted by atomic mass is 10.1. The number of nitrogens with one attached hydrogen (secondary N) is 1. The van der Waals surface area contributed by atoms with Gasteiger partial charge in [-0.1, -0.05) is 13.8 Å². The molecule has 0 fully saturated rings. The predicted octanol–water partition coefficient (Wildman–Crippen LogP) is 2.11. The minimum atomic E-state index is -0.373. The van der Waals surface area contributed by atoms with E-state index in [-0.39, 0.29) is 29.9 Å². The van der Waals surface area contributed by atoms with Crippen LogP contribution in [0.5, 0.6) is 5.75 Å². The number of halogens is 1. The molecule has 0 saturated carbocycles. The highest BCUT2D eigenvalue weighted by atomic mass is 79.9. The summed E-state index contributed by atoms with van der Waals surface area (Å²) in [6, 6.07) is 4.49. The van der Waals surface area contributed by atoms with Crippen LogP contribution in [0.3, 0.4) is 0 Å². The van der Waals surface area contributed by atoms with Gasteiger partial charge in [-0.25, -0.2) is 0 Å². The lowest BCUT2D eigenvalue weighted by molar-refractivity contribution is -0.120. The van der Waals surface area contributed by atoms with E-state index < -0.39 is 0 Å². The number of aromatic hydroxyl groups is 1. The Labute approximate surface area is 108 Å². The van der Waals surface area contributed by atoms with Gasteiger partial charge in [0.15, 0.2) is 5.78 Å². The molecular weight excluding hydrogens is 286 g/mol. The van der Waals surface area contributed by atoms with Crippen molar-refractivity contribution < 1.29 is 14.7 Å². The van der Waals surface area contributed by atoms with E-state index in [0.29, 0.717) is 10.0 Å². The largest absolute Gasteiger partial charge is 0.507 e. The van der Waals surface area contributed by atoms with Crippen molar-refractivity contribution >= 4 is 27.6 Å². The molecule has 92 valence electrons. The van der Waals surface area contributed by atoms with E-state index in [1.807, 2.05) is 0 Å². The Morgan fingerprint density at radius 3 is 2.59 bits per heavy atom. The second kappa shape index (κ2) is 5.82. The van der Waals surface area contributed by atoms with Crippen molar-refractivity contribution in [2.75, 3.05) is 6.54 Å². The number of hydrogen-bond acceptors (Lipinski definition) is 3. The molecule has 0 aliphatic heterocycles. The number of phenols is 1. The number of benzene rings is 1. The molecule has 0 heterocycles. The SMILES string of the molecule is CC(C)C(=O)CNC(=O)c1ccc(Br)c(O)c1. The van der Waals surface area contributed by atoms with Crippen LogP contribution in [0.15, 0.2) is 22.7 Å². The number of ketones is 1. The lowest BCUT2D eigenvalue weighted by Gasteiger charge is -2.07. The third-order valence-electron chi connectivity index (χ3n) is 2.28. The van der Waals surface area contributed by atoms with Crippen molar-refractivity contribution in [3.8, 4) is 5.75 Å². The summed E-state index contributed by atoms with van der Waals surface area (Å²) in [6.07, 6.45) is 0. The molecule has 0 aliphatic rings. The zero-order valence-electron chi connectivity index (χ0n) is 9.66. The van der Waals surface area contributed by atoms with E-state index in [9.17, 15) is 14.7 Å². The zero-order valence-corrected chi connectivity index (χ0v) is 11.2. The maximum atomic E-state index is 11.6. The molecule has 0 saturated heterocycles. The van der Waals surface area contributed by atoms with E-state index in [2.05, 4.69) is 21.2 Å². The van der Waals surface area contributed by atoms with Gasteiger partial charge in [0.25, 0.3) is 5.91 Å².